The normalized spacial score (nSPS) is 20.9. The van der Waals surface area contributed by atoms with Gasteiger partial charge in [0.25, 0.3) is 0 Å². The number of thioether (sulfide) groups is 1. The van der Waals surface area contributed by atoms with Crippen molar-refractivity contribution in [3.05, 3.63) is 89.5 Å². The number of likely N-dealkylation sites (tertiary alicyclic amines) is 1. The van der Waals surface area contributed by atoms with E-state index < -0.39 is 0 Å². The SMILES string of the molecule is Oc1ccc2c(c1)OC[C@@H](c1ccccc1)[C@H]2c1ccc(SCCN2CCCC2)cc1. The third-order valence-electron chi connectivity index (χ3n) is 6.49. The average Bonchev–Trinajstić information content (AvgIpc) is 3.33. The van der Waals surface area contributed by atoms with Gasteiger partial charge in [0.2, 0.25) is 0 Å². The van der Waals surface area contributed by atoms with Gasteiger partial charge in [0, 0.05) is 40.7 Å². The molecule has 0 aromatic heterocycles. The van der Waals surface area contributed by atoms with Gasteiger partial charge in [-0.1, -0.05) is 48.5 Å². The lowest BCUT2D eigenvalue weighted by Crippen LogP contribution is -2.25. The van der Waals surface area contributed by atoms with Crippen molar-refractivity contribution in [1.82, 2.24) is 4.90 Å². The summed E-state index contributed by atoms with van der Waals surface area (Å²) in [5, 5.41) is 9.94. The van der Waals surface area contributed by atoms with Crippen LogP contribution in [0.1, 0.15) is 41.4 Å². The summed E-state index contributed by atoms with van der Waals surface area (Å²) < 4.78 is 6.08. The van der Waals surface area contributed by atoms with Crippen LogP contribution < -0.4 is 4.74 Å². The van der Waals surface area contributed by atoms with E-state index in [4.69, 9.17) is 4.74 Å². The van der Waals surface area contributed by atoms with Gasteiger partial charge in [-0.25, -0.2) is 0 Å². The van der Waals surface area contributed by atoms with Gasteiger partial charge in [0.1, 0.15) is 11.5 Å². The zero-order valence-electron chi connectivity index (χ0n) is 17.7. The number of fused-ring (bicyclic) bond motifs is 1. The highest BCUT2D eigenvalue weighted by Crippen LogP contribution is 2.47. The van der Waals surface area contributed by atoms with Crippen LogP contribution in [0.3, 0.4) is 0 Å². The first-order chi connectivity index (χ1) is 15.3. The summed E-state index contributed by atoms with van der Waals surface area (Å²) in [7, 11) is 0. The third-order valence-corrected chi connectivity index (χ3v) is 7.49. The highest BCUT2D eigenvalue weighted by atomic mass is 32.2. The Morgan fingerprint density at radius 3 is 2.45 bits per heavy atom. The molecule has 3 nitrogen and oxygen atoms in total. The Morgan fingerprint density at radius 2 is 1.68 bits per heavy atom. The smallest absolute Gasteiger partial charge is 0.126 e. The number of phenolic OH excluding ortho intramolecular Hbond substituents is 1. The van der Waals surface area contributed by atoms with E-state index in [0.717, 1.165) is 17.1 Å². The number of hydrogen-bond acceptors (Lipinski definition) is 4. The molecule has 1 fully saturated rings. The first-order valence-electron chi connectivity index (χ1n) is 11.2. The lowest BCUT2D eigenvalue weighted by Gasteiger charge is -2.34. The van der Waals surface area contributed by atoms with E-state index in [1.165, 1.54) is 48.5 Å². The van der Waals surface area contributed by atoms with Crippen molar-refractivity contribution in [3.63, 3.8) is 0 Å². The fourth-order valence-electron chi connectivity index (χ4n) is 4.87. The average molecular weight is 432 g/mol. The molecule has 0 radical (unpaired) electrons. The molecule has 0 saturated carbocycles. The lowest BCUT2D eigenvalue weighted by atomic mass is 9.76. The standard InChI is InChI=1S/C27H29NO2S/c29-22-10-13-24-26(18-22)30-19-25(20-6-2-1-3-7-20)27(24)21-8-11-23(12-9-21)31-17-16-28-14-4-5-15-28/h1-3,6-13,18,25,27,29H,4-5,14-17,19H2/t25-,27-/m0/s1. The van der Waals surface area contributed by atoms with Crippen LogP contribution in [0.4, 0.5) is 0 Å². The van der Waals surface area contributed by atoms with E-state index in [2.05, 4.69) is 59.5 Å². The minimum Gasteiger partial charge on any atom is -0.508 e. The summed E-state index contributed by atoms with van der Waals surface area (Å²) in [6.45, 7) is 4.31. The van der Waals surface area contributed by atoms with Gasteiger partial charge in [0.05, 0.1) is 6.61 Å². The summed E-state index contributed by atoms with van der Waals surface area (Å²) in [4.78, 5) is 3.90. The highest BCUT2D eigenvalue weighted by molar-refractivity contribution is 7.99. The number of hydrogen-bond donors (Lipinski definition) is 1. The van der Waals surface area contributed by atoms with Gasteiger partial charge in [-0.3, -0.25) is 0 Å². The second kappa shape index (κ2) is 9.37. The summed E-state index contributed by atoms with van der Waals surface area (Å²) in [5.74, 6) is 2.63. The van der Waals surface area contributed by atoms with Crippen molar-refractivity contribution >= 4 is 11.8 Å². The maximum atomic E-state index is 9.94. The molecule has 0 unspecified atom stereocenters. The summed E-state index contributed by atoms with van der Waals surface area (Å²) in [6, 6.07) is 25.2. The van der Waals surface area contributed by atoms with Gasteiger partial charge in [-0.15, -0.1) is 11.8 Å². The fraction of sp³-hybridized carbons (Fsp3) is 0.333. The molecule has 31 heavy (non-hydrogen) atoms. The van der Waals surface area contributed by atoms with E-state index in [-0.39, 0.29) is 17.6 Å². The molecular formula is C27H29NO2S. The first-order valence-corrected chi connectivity index (χ1v) is 12.2. The van der Waals surface area contributed by atoms with Crippen molar-refractivity contribution in [1.29, 1.82) is 0 Å². The minimum atomic E-state index is 0.204. The second-order valence-corrected chi connectivity index (χ2v) is 9.66. The second-order valence-electron chi connectivity index (χ2n) is 8.49. The first kappa shape index (κ1) is 20.5. The van der Waals surface area contributed by atoms with Crippen molar-refractivity contribution in [2.75, 3.05) is 32.0 Å². The van der Waals surface area contributed by atoms with Crippen LogP contribution in [0.25, 0.3) is 0 Å². The summed E-state index contributed by atoms with van der Waals surface area (Å²) >= 11 is 1.95. The fourth-order valence-corrected chi connectivity index (χ4v) is 5.78. The third kappa shape index (κ3) is 4.60. The van der Waals surface area contributed by atoms with E-state index in [9.17, 15) is 5.11 Å². The van der Waals surface area contributed by atoms with Gasteiger partial charge in [0.15, 0.2) is 0 Å². The number of benzene rings is 3. The van der Waals surface area contributed by atoms with Crippen LogP contribution in [0, 0.1) is 0 Å². The van der Waals surface area contributed by atoms with E-state index in [0.29, 0.717) is 6.61 Å². The number of nitrogens with zero attached hydrogens (tertiary/aromatic N) is 1. The van der Waals surface area contributed by atoms with Gasteiger partial charge in [-0.2, -0.15) is 0 Å². The molecule has 2 heterocycles. The van der Waals surface area contributed by atoms with Crippen LogP contribution in [-0.4, -0.2) is 42.0 Å². The molecule has 0 spiro atoms. The van der Waals surface area contributed by atoms with Crippen molar-refractivity contribution in [2.24, 2.45) is 0 Å². The molecule has 0 bridgehead atoms. The van der Waals surface area contributed by atoms with Crippen molar-refractivity contribution in [2.45, 2.75) is 29.6 Å². The van der Waals surface area contributed by atoms with Gasteiger partial charge in [-0.05, 0) is 55.3 Å². The van der Waals surface area contributed by atoms with E-state index in [1.54, 1.807) is 12.1 Å². The Bertz CT molecular complexity index is 1000. The molecule has 1 saturated heterocycles. The van der Waals surface area contributed by atoms with E-state index >= 15 is 0 Å². The molecule has 2 aliphatic rings. The number of rotatable bonds is 6. The van der Waals surface area contributed by atoms with Crippen molar-refractivity contribution < 1.29 is 9.84 Å². The van der Waals surface area contributed by atoms with Gasteiger partial charge < -0.3 is 14.7 Å². The topological polar surface area (TPSA) is 32.7 Å². The Balaban J connectivity index is 1.38. The number of aromatic hydroxyl groups is 1. The molecule has 4 heteroatoms. The minimum absolute atomic E-state index is 0.204. The molecule has 0 amide bonds. The predicted octanol–water partition coefficient (Wildman–Crippen LogP) is 5.89. The zero-order valence-corrected chi connectivity index (χ0v) is 18.6. The molecule has 3 aromatic rings. The Hall–Kier alpha value is -2.43. The molecule has 3 aromatic carbocycles. The molecule has 2 atom stereocenters. The summed E-state index contributed by atoms with van der Waals surface area (Å²) in [5.41, 5.74) is 3.73. The van der Waals surface area contributed by atoms with Crippen LogP contribution in [0.2, 0.25) is 0 Å². The lowest BCUT2D eigenvalue weighted by molar-refractivity contribution is 0.248. The van der Waals surface area contributed by atoms with Crippen LogP contribution in [0.15, 0.2) is 77.7 Å². The Kier molecular flexibility index (Phi) is 6.19. The Labute approximate surface area is 189 Å². The quantitative estimate of drug-likeness (QED) is 0.494. The largest absolute Gasteiger partial charge is 0.508 e. The van der Waals surface area contributed by atoms with Gasteiger partial charge >= 0.3 is 0 Å². The number of phenols is 1. The zero-order chi connectivity index (χ0) is 21.0. The number of ether oxygens (including phenoxy) is 1. The summed E-state index contributed by atoms with van der Waals surface area (Å²) in [6.07, 6.45) is 2.71. The van der Waals surface area contributed by atoms with Crippen LogP contribution in [0.5, 0.6) is 11.5 Å². The highest BCUT2D eigenvalue weighted by Gasteiger charge is 2.33. The maximum absolute atomic E-state index is 9.94. The molecule has 0 aliphatic carbocycles. The molecule has 5 rings (SSSR count). The molecular weight excluding hydrogens is 402 g/mol. The predicted molar refractivity (Wildman–Crippen MR) is 127 cm³/mol. The van der Waals surface area contributed by atoms with Crippen LogP contribution in [-0.2, 0) is 0 Å². The van der Waals surface area contributed by atoms with Crippen molar-refractivity contribution in [3.8, 4) is 11.5 Å². The molecule has 2 aliphatic heterocycles. The monoisotopic (exact) mass is 431 g/mol. The van der Waals surface area contributed by atoms with E-state index in [1.807, 2.05) is 17.8 Å². The molecule has 160 valence electrons. The maximum Gasteiger partial charge on any atom is 0.126 e. The molecule has 1 N–H and O–H groups in total. The Morgan fingerprint density at radius 1 is 0.903 bits per heavy atom. The van der Waals surface area contributed by atoms with Crippen LogP contribution >= 0.6 is 11.8 Å².